The highest BCUT2D eigenvalue weighted by Gasteiger charge is 2.29. The summed E-state index contributed by atoms with van der Waals surface area (Å²) >= 11 is 0. The van der Waals surface area contributed by atoms with E-state index in [9.17, 15) is 13.2 Å². The molecule has 2 aliphatic rings. The van der Waals surface area contributed by atoms with Gasteiger partial charge >= 0.3 is 6.03 Å². The molecule has 172 valence electrons. The van der Waals surface area contributed by atoms with E-state index in [1.807, 2.05) is 54.6 Å². The van der Waals surface area contributed by atoms with Gasteiger partial charge in [-0.3, -0.25) is 0 Å². The first-order chi connectivity index (χ1) is 15.5. The van der Waals surface area contributed by atoms with Crippen molar-refractivity contribution in [1.82, 2.24) is 14.5 Å². The Bertz CT molecular complexity index is 999. The number of sulfonamides is 1. The first-order valence-corrected chi connectivity index (χ1v) is 12.9. The number of piperazine rings is 1. The minimum Gasteiger partial charge on any atom is -0.490 e. The summed E-state index contributed by atoms with van der Waals surface area (Å²) in [6, 6.07) is 16.8. The summed E-state index contributed by atoms with van der Waals surface area (Å²) in [6.45, 7) is 1.75. The van der Waals surface area contributed by atoms with Gasteiger partial charge in [-0.2, -0.15) is 4.31 Å². The van der Waals surface area contributed by atoms with Gasteiger partial charge in [0.05, 0.1) is 11.9 Å². The molecule has 2 amide bonds. The van der Waals surface area contributed by atoms with Gasteiger partial charge in [-0.25, -0.2) is 13.2 Å². The maximum atomic E-state index is 12.7. The number of benzene rings is 2. The maximum Gasteiger partial charge on any atom is 0.317 e. The van der Waals surface area contributed by atoms with E-state index in [1.165, 1.54) is 17.1 Å². The fraction of sp³-hybridized carbons (Fsp3) is 0.458. The van der Waals surface area contributed by atoms with Gasteiger partial charge in [-0.15, -0.1) is 0 Å². The highest BCUT2D eigenvalue weighted by molar-refractivity contribution is 7.88. The number of amides is 2. The standard InChI is InChI=1S/C24H31N3O4S/c28-24(25-18-21-10-4-7-13-23(21)31-22-11-5-6-12-22)26-14-16-27(17-15-26)32(29,30)19-20-8-2-1-3-9-20/h1-4,7-10,13,22H,5-6,11-12,14-19H2,(H,25,28). The van der Waals surface area contributed by atoms with Crippen LogP contribution in [0.15, 0.2) is 54.6 Å². The Morgan fingerprint density at radius 1 is 0.938 bits per heavy atom. The van der Waals surface area contributed by atoms with Gasteiger partial charge in [0, 0.05) is 38.3 Å². The molecular formula is C24H31N3O4S. The van der Waals surface area contributed by atoms with Crippen molar-refractivity contribution >= 4 is 16.1 Å². The molecule has 0 atom stereocenters. The van der Waals surface area contributed by atoms with Crippen molar-refractivity contribution in [1.29, 1.82) is 0 Å². The van der Waals surface area contributed by atoms with Crippen LogP contribution < -0.4 is 10.1 Å². The van der Waals surface area contributed by atoms with Gasteiger partial charge < -0.3 is 15.0 Å². The number of carbonyl (C=O) groups excluding carboxylic acids is 1. The topological polar surface area (TPSA) is 79.0 Å². The molecule has 8 heteroatoms. The normalized spacial score (nSPS) is 17.9. The van der Waals surface area contributed by atoms with Gasteiger partial charge in [-0.1, -0.05) is 48.5 Å². The molecule has 2 fully saturated rings. The second-order valence-corrected chi connectivity index (χ2v) is 10.4. The Kier molecular flexibility index (Phi) is 7.32. The van der Waals surface area contributed by atoms with E-state index in [0.29, 0.717) is 32.7 Å². The molecule has 2 aromatic carbocycles. The fourth-order valence-corrected chi connectivity index (χ4v) is 5.79. The predicted octanol–water partition coefficient (Wildman–Crippen LogP) is 3.37. The van der Waals surface area contributed by atoms with Crippen LogP contribution in [-0.4, -0.2) is 55.9 Å². The van der Waals surface area contributed by atoms with E-state index >= 15 is 0 Å². The lowest BCUT2D eigenvalue weighted by Crippen LogP contribution is -2.53. The van der Waals surface area contributed by atoms with E-state index in [1.54, 1.807) is 4.90 Å². The molecule has 1 N–H and O–H groups in total. The first kappa shape index (κ1) is 22.6. The third-order valence-corrected chi connectivity index (χ3v) is 7.96. The molecule has 2 aromatic rings. The molecule has 0 radical (unpaired) electrons. The van der Waals surface area contributed by atoms with E-state index in [2.05, 4.69) is 5.32 Å². The smallest absolute Gasteiger partial charge is 0.317 e. The van der Waals surface area contributed by atoms with Crippen molar-refractivity contribution in [3.63, 3.8) is 0 Å². The molecule has 0 unspecified atom stereocenters. The number of urea groups is 1. The van der Waals surface area contributed by atoms with Crippen molar-refractivity contribution in [2.75, 3.05) is 26.2 Å². The van der Waals surface area contributed by atoms with Crippen molar-refractivity contribution in [3.05, 3.63) is 65.7 Å². The third-order valence-electron chi connectivity index (χ3n) is 6.11. The molecule has 0 spiro atoms. The van der Waals surface area contributed by atoms with E-state index in [0.717, 1.165) is 29.7 Å². The van der Waals surface area contributed by atoms with Crippen LogP contribution in [0, 0.1) is 0 Å². The number of para-hydroxylation sites is 1. The van der Waals surface area contributed by atoms with Crippen LogP contribution in [0.1, 0.15) is 36.8 Å². The summed E-state index contributed by atoms with van der Waals surface area (Å²) in [5.74, 6) is 0.814. The van der Waals surface area contributed by atoms with Crippen LogP contribution in [0.3, 0.4) is 0 Å². The van der Waals surface area contributed by atoms with E-state index in [4.69, 9.17) is 4.74 Å². The van der Waals surface area contributed by atoms with Crippen LogP contribution in [0.2, 0.25) is 0 Å². The molecule has 32 heavy (non-hydrogen) atoms. The van der Waals surface area contributed by atoms with Gasteiger partial charge in [-0.05, 0) is 37.3 Å². The second kappa shape index (κ2) is 10.4. The van der Waals surface area contributed by atoms with Crippen LogP contribution in [0.4, 0.5) is 4.79 Å². The Morgan fingerprint density at radius 3 is 2.31 bits per heavy atom. The highest BCUT2D eigenvalue weighted by Crippen LogP contribution is 2.26. The Morgan fingerprint density at radius 2 is 1.59 bits per heavy atom. The van der Waals surface area contributed by atoms with Crippen LogP contribution >= 0.6 is 0 Å². The van der Waals surface area contributed by atoms with Gasteiger partial charge in [0.2, 0.25) is 10.0 Å². The zero-order valence-electron chi connectivity index (χ0n) is 18.3. The molecule has 0 aromatic heterocycles. The van der Waals surface area contributed by atoms with Crippen molar-refractivity contribution < 1.29 is 17.9 Å². The number of hydrogen-bond acceptors (Lipinski definition) is 4. The molecular weight excluding hydrogens is 426 g/mol. The molecule has 4 rings (SSSR count). The average Bonchev–Trinajstić information content (AvgIpc) is 3.32. The van der Waals surface area contributed by atoms with Gasteiger partial charge in [0.25, 0.3) is 0 Å². The lowest BCUT2D eigenvalue weighted by molar-refractivity contribution is 0.171. The summed E-state index contributed by atoms with van der Waals surface area (Å²) < 4.78 is 33.1. The van der Waals surface area contributed by atoms with Crippen LogP contribution in [-0.2, 0) is 22.3 Å². The zero-order valence-corrected chi connectivity index (χ0v) is 19.1. The lowest BCUT2D eigenvalue weighted by atomic mass is 10.2. The molecule has 1 heterocycles. The number of rotatable bonds is 7. The summed E-state index contributed by atoms with van der Waals surface area (Å²) in [6.07, 6.45) is 4.83. The largest absolute Gasteiger partial charge is 0.490 e. The number of nitrogens with one attached hydrogen (secondary N) is 1. The average molecular weight is 458 g/mol. The van der Waals surface area contributed by atoms with Crippen molar-refractivity contribution in [3.8, 4) is 5.75 Å². The van der Waals surface area contributed by atoms with Crippen molar-refractivity contribution in [2.45, 2.75) is 44.1 Å². The summed E-state index contributed by atoms with van der Waals surface area (Å²) in [5.41, 5.74) is 1.72. The minimum absolute atomic E-state index is 0.0161. The summed E-state index contributed by atoms with van der Waals surface area (Å²) in [7, 11) is -3.40. The Balaban J connectivity index is 1.27. The second-order valence-electron chi connectivity index (χ2n) is 8.42. The minimum atomic E-state index is -3.40. The summed E-state index contributed by atoms with van der Waals surface area (Å²) in [4.78, 5) is 14.4. The molecule has 1 saturated carbocycles. The fourth-order valence-electron chi connectivity index (χ4n) is 4.28. The van der Waals surface area contributed by atoms with Crippen molar-refractivity contribution in [2.24, 2.45) is 0 Å². The quantitative estimate of drug-likeness (QED) is 0.692. The van der Waals surface area contributed by atoms with Crippen LogP contribution in [0.5, 0.6) is 5.75 Å². The van der Waals surface area contributed by atoms with E-state index < -0.39 is 10.0 Å². The molecule has 7 nitrogen and oxygen atoms in total. The first-order valence-electron chi connectivity index (χ1n) is 11.3. The zero-order chi connectivity index (χ0) is 22.4. The monoisotopic (exact) mass is 457 g/mol. The molecule has 1 aliphatic heterocycles. The summed E-state index contributed by atoms with van der Waals surface area (Å²) in [5, 5.41) is 2.97. The van der Waals surface area contributed by atoms with Gasteiger partial charge in [0.15, 0.2) is 0 Å². The highest BCUT2D eigenvalue weighted by atomic mass is 32.2. The predicted molar refractivity (Wildman–Crippen MR) is 124 cm³/mol. The number of carbonyl (C=O) groups is 1. The maximum absolute atomic E-state index is 12.7. The Hall–Kier alpha value is -2.58. The number of hydrogen-bond donors (Lipinski definition) is 1. The molecule has 1 saturated heterocycles. The third kappa shape index (κ3) is 5.81. The number of ether oxygens (including phenoxy) is 1. The number of nitrogens with zero attached hydrogens (tertiary/aromatic N) is 2. The molecule has 0 bridgehead atoms. The van der Waals surface area contributed by atoms with E-state index in [-0.39, 0.29) is 17.9 Å². The Labute approximate surface area is 190 Å². The molecule has 1 aliphatic carbocycles. The SMILES string of the molecule is O=C(NCc1ccccc1OC1CCCC1)N1CCN(S(=O)(=O)Cc2ccccc2)CC1. The van der Waals surface area contributed by atoms with Crippen LogP contribution in [0.25, 0.3) is 0 Å². The van der Waals surface area contributed by atoms with Gasteiger partial charge in [0.1, 0.15) is 5.75 Å². The lowest BCUT2D eigenvalue weighted by Gasteiger charge is -2.34.